The molecular weight excluding hydrogens is 370 g/mol. The van der Waals surface area contributed by atoms with Crippen molar-refractivity contribution in [1.82, 2.24) is 4.90 Å². The molecule has 140 valence electrons. The van der Waals surface area contributed by atoms with Crippen LogP contribution in [0, 0.1) is 0 Å². The molecule has 0 heterocycles. The van der Waals surface area contributed by atoms with E-state index in [1.165, 1.54) is 0 Å². The van der Waals surface area contributed by atoms with Crippen molar-refractivity contribution in [2.75, 3.05) is 19.7 Å². The normalized spacial score (nSPS) is 12.2. The molecule has 0 aliphatic heterocycles. The summed E-state index contributed by atoms with van der Waals surface area (Å²) in [5.41, 5.74) is 0. The molecule has 0 saturated carbocycles. The third-order valence-electron chi connectivity index (χ3n) is 4.03. The summed E-state index contributed by atoms with van der Waals surface area (Å²) in [6.45, 7) is 5.29. The number of ether oxygens (including phenoxy) is 1. The lowest BCUT2D eigenvalue weighted by atomic mass is 10.2. The van der Waals surface area contributed by atoms with Gasteiger partial charge in [-0.05, 0) is 50.2 Å². The zero-order valence-corrected chi connectivity index (χ0v) is 16.6. The van der Waals surface area contributed by atoms with Crippen LogP contribution in [0.2, 0.25) is 5.02 Å². The largest absolute Gasteiger partial charge is 0.492 e. The van der Waals surface area contributed by atoms with Crippen LogP contribution in [-0.2, 0) is 4.79 Å². The number of carbonyl (C=O) groups is 1. The van der Waals surface area contributed by atoms with E-state index in [9.17, 15) is 4.79 Å². The van der Waals surface area contributed by atoms with Crippen LogP contribution >= 0.6 is 23.4 Å². The Hall–Kier alpha value is -1.69. The van der Waals surface area contributed by atoms with Crippen LogP contribution in [0.5, 0.6) is 5.75 Å². The van der Waals surface area contributed by atoms with Crippen LogP contribution in [0.15, 0.2) is 58.3 Å². The van der Waals surface area contributed by atoms with Crippen LogP contribution in [0.25, 0.3) is 0 Å². The Kier molecular flexibility index (Phi) is 8.29. The maximum Gasteiger partial charge on any atom is 0.317 e. The van der Waals surface area contributed by atoms with Crippen LogP contribution in [0.4, 0.5) is 0 Å². The summed E-state index contributed by atoms with van der Waals surface area (Å²) >= 11 is 7.67. The second-order valence-corrected chi connectivity index (χ2v) is 7.50. The summed E-state index contributed by atoms with van der Waals surface area (Å²) in [6, 6.07) is 15.8. The number of carboxylic acids is 1. The first-order valence-corrected chi connectivity index (χ1v) is 9.80. The van der Waals surface area contributed by atoms with Crippen molar-refractivity contribution >= 4 is 29.3 Å². The molecule has 0 aromatic heterocycles. The Labute approximate surface area is 164 Å². The monoisotopic (exact) mass is 393 g/mol. The van der Waals surface area contributed by atoms with Gasteiger partial charge in [0.25, 0.3) is 0 Å². The van der Waals surface area contributed by atoms with Crippen molar-refractivity contribution in [3.63, 3.8) is 0 Å². The second-order valence-electron chi connectivity index (χ2n) is 5.95. The van der Waals surface area contributed by atoms with Gasteiger partial charge in [0.05, 0.1) is 18.0 Å². The predicted molar refractivity (Wildman–Crippen MR) is 106 cm³/mol. The molecule has 0 aliphatic rings. The summed E-state index contributed by atoms with van der Waals surface area (Å²) in [6.07, 6.45) is 0.761. The van der Waals surface area contributed by atoms with Gasteiger partial charge in [0, 0.05) is 16.0 Å². The highest BCUT2D eigenvalue weighted by molar-refractivity contribution is 7.99. The standard InChI is InChI=1S/C20H24ClNO3S/c1-3-22(14-20(23)24)15(2)11-12-25-18-9-4-5-10-19(18)26-17-8-6-7-16(21)13-17/h4-10,13,15H,3,11-12,14H2,1-2H3,(H,23,24). The summed E-state index contributed by atoms with van der Waals surface area (Å²) in [7, 11) is 0. The van der Waals surface area contributed by atoms with E-state index in [-0.39, 0.29) is 12.6 Å². The first-order valence-electron chi connectivity index (χ1n) is 8.60. The maximum atomic E-state index is 10.9. The number of benzene rings is 2. The van der Waals surface area contributed by atoms with E-state index in [1.54, 1.807) is 11.8 Å². The molecule has 2 aromatic carbocycles. The van der Waals surface area contributed by atoms with Gasteiger partial charge < -0.3 is 9.84 Å². The minimum absolute atomic E-state index is 0.0544. The van der Waals surface area contributed by atoms with Gasteiger partial charge in [-0.3, -0.25) is 9.69 Å². The lowest BCUT2D eigenvalue weighted by molar-refractivity contribution is -0.138. The number of carboxylic acid groups (broad SMARTS) is 1. The SMILES string of the molecule is CCN(CC(=O)O)C(C)CCOc1ccccc1Sc1cccc(Cl)c1. The van der Waals surface area contributed by atoms with Crippen LogP contribution in [0.1, 0.15) is 20.3 Å². The van der Waals surface area contributed by atoms with Gasteiger partial charge in [0.2, 0.25) is 0 Å². The van der Waals surface area contributed by atoms with Gasteiger partial charge in [0.15, 0.2) is 0 Å². The average molecular weight is 394 g/mol. The number of hydrogen-bond donors (Lipinski definition) is 1. The highest BCUT2D eigenvalue weighted by atomic mass is 35.5. The van der Waals surface area contributed by atoms with E-state index in [1.807, 2.05) is 67.3 Å². The lowest BCUT2D eigenvalue weighted by Crippen LogP contribution is -2.38. The molecule has 1 unspecified atom stereocenters. The summed E-state index contributed by atoms with van der Waals surface area (Å²) < 4.78 is 5.98. The molecule has 0 saturated heterocycles. The highest BCUT2D eigenvalue weighted by Gasteiger charge is 2.15. The number of hydrogen-bond acceptors (Lipinski definition) is 4. The third kappa shape index (κ3) is 6.56. The smallest absolute Gasteiger partial charge is 0.317 e. The van der Waals surface area contributed by atoms with E-state index in [4.69, 9.17) is 21.4 Å². The molecule has 1 atom stereocenters. The molecule has 6 heteroatoms. The van der Waals surface area contributed by atoms with Crippen molar-refractivity contribution in [2.24, 2.45) is 0 Å². The number of nitrogens with zero attached hydrogens (tertiary/aromatic N) is 1. The number of rotatable bonds is 10. The fraction of sp³-hybridized carbons (Fsp3) is 0.350. The molecule has 26 heavy (non-hydrogen) atoms. The van der Waals surface area contributed by atoms with E-state index in [0.29, 0.717) is 18.2 Å². The highest BCUT2D eigenvalue weighted by Crippen LogP contribution is 2.35. The molecular formula is C20H24ClNO3S. The Balaban J connectivity index is 1.94. The third-order valence-corrected chi connectivity index (χ3v) is 5.32. The average Bonchev–Trinajstić information content (AvgIpc) is 2.61. The van der Waals surface area contributed by atoms with Crippen molar-refractivity contribution in [1.29, 1.82) is 0 Å². The molecule has 0 amide bonds. The molecule has 0 spiro atoms. The quantitative estimate of drug-likeness (QED) is 0.611. The Morgan fingerprint density at radius 1 is 1.27 bits per heavy atom. The van der Waals surface area contributed by atoms with Gasteiger partial charge in [-0.25, -0.2) is 0 Å². The van der Waals surface area contributed by atoms with E-state index in [2.05, 4.69) is 0 Å². The fourth-order valence-electron chi connectivity index (χ4n) is 2.59. The maximum absolute atomic E-state index is 10.9. The molecule has 0 aliphatic carbocycles. The lowest BCUT2D eigenvalue weighted by Gasteiger charge is -2.26. The first-order chi connectivity index (χ1) is 12.5. The van der Waals surface area contributed by atoms with Gasteiger partial charge in [0.1, 0.15) is 5.75 Å². The zero-order chi connectivity index (χ0) is 18.9. The molecule has 0 fully saturated rings. The number of halogens is 1. The molecule has 2 rings (SSSR count). The van der Waals surface area contributed by atoms with Crippen molar-refractivity contribution in [3.8, 4) is 5.75 Å². The Morgan fingerprint density at radius 3 is 2.73 bits per heavy atom. The zero-order valence-electron chi connectivity index (χ0n) is 15.0. The predicted octanol–water partition coefficient (Wildman–Crippen LogP) is 5.06. The van der Waals surface area contributed by atoms with E-state index in [0.717, 1.165) is 22.0 Å². The second kappa shape index (κ2) is 10.5. The van der Waals surface area contributed by atoms with Crippen molar-refractivity contribution in [2.45, 2.75) is 36.1 Å². The minimum Gasteiger partial charge on any atom is -0.492 e. The van der Waals surface area contributed by atoms with Crippen LogP contribution in [-0.4, -0.2) is 41.7 Å². The topological polar surface area (TPSA) is 49.8 Å². The van der Waals surface area contributed by atoms with Crippen molar-refractivity contribution in [3.05, 3.63) is 53.6 Å². The molecule has 4 nitrogen and oxygen atoms in total. The van der Waals surface area contributed by atoms with Crippen LogP contribution < -0.4 is 4.74 Å². The summed E-state index contributed by atoms with van der Waals surface area (Å²) in [5.74, 6) is 0.0221. The molecule has 0 radical (unpaired) electrons. The van der Waals surface area contributed by atoms with Crippen LogP contribution in [0.3, 0.4) is 0 Å². The number of likely N-dealkylation sites (N-methyl/N-ethyl adjacent to an activating group) is 1. The van der Waals surface area contributed by atoms with Gasteiger partial charge in [-0.1, -0.05) is 48.5 Å². The Morgan fingerprint density at radius 2 is 2.04 bits per heavy atom. The fourth-order valence-corrected chi connectivity index (χ4v) is 3.80. The van der Waals surface area contributed by atoms with E-state index < -0.39 is 5.97 Å². The van der Waals surface area contributed by atoms with Crippen molar-refractivity contribution < 1.29 is 14.6 Å². The Bertz CT molecular complexity index is 726. The molecule has 1 N–H and O–H groups in total. The van der Waals surface area contributed by atoms with Gasteiger partial charge in [-0.15, -0.1) is 0 Å². The minimum atomic E-state index is -0.803. The summed E-state index contributed by atoms with van der Waals surface area (Å²) in [5, 5.41) is 9.69. The van der Waals surface area contributed by atoms with E-state index >= 15 is 0 Å². The number of para-hydroxylation sites is 1. The molecule has 0 bridgehead atoms. The summed E-state index contributed by atoms with van der Waals surface area (Å²) in [4.78, 5) is 14.9. The molecule has 2 aromatic rings. The van der Waals surface area contributed by atoms with Gasteiger partial charge in [-0.2, -0.15) is 0 Å². The first kappa shape index (κ1) is 20.6. The number of aliphatic carboxylic acids is 1. The van der Waals surface area contributed by atoms with Gasteiger partial charge >= 0.3 is 5.97 Å².